The average molecular weight is 201 g/mol. The molecule has 1 atom stereocenters. The first kappa shape index (κ1) is 12.9. The molecule has 1 amide bonds. The molecule has 0 aromatic carbocycles. The van der Waals surface area contributed by atoms with Gasteiger partial charge in [0.1, 0.15) is 0 Å². The molecular formula is C10H19NO3. The van der Waals surface area contributed by atoms with Gasteiger partial charge in [0, 0.05) is 20.0 Å². The van der Waals surface area contributed by atoms with E-state index in [0.717, 1.165) is 6.42 Å². The highest BCUT2D eigenvalue weighted by atomic mass is 16.5. The molecule has 0 radical (unpaired) electrons. The first-order valence-electron chi connectivity index (χ1n) is 4.86. The molecule has 0 saturated carbocycles. The minimum absolute atomic E-state index is 0.00241. The second-order valence-corrected chi connectivity index (χ2v) is 3.39. The summed E-state index contributed by atoms with van der Waals surface area (Å²) in [5.41, 5.74) is 0. The summed E-state index contributed by atoms with van der Waals surface area (Å²) in [5.74, 6) is -0.523. The second kappa shape index (κ2) is 6.40. The number of carbonyl (C=O) groups is 2. The average Bonchev–Trinajstić information content (AvgIpc) is 2.15. The van der Waals surface area contributed by atoms with E-state index in [1.165, 1.54) is 14.0 Å². The van der Waals surface area contributed by atoms with Crippen LogP contribution < -0.4 is 0 Å². The van der Waals surface area contributed by atoms with E-state index in [9.17, 15) is 9.59 Å². The van der Waals surface area contributed by atoms with Gasteiger partial charge in [0.15, 0.2) is 0 Å². The zero-order valence-corrected chi connectivity index (χ0v) is 9.37. The van der Waals surface area contributed by atoms with Crippen LogP contribution in [0.1, 0.15) is 27.2 Å². The lowest BCUT2D eigenvalue weighted by molar-refractivity contribution is -0.146. The van der Waals surface area contributed by atoms with Gasteiger partial charge in [-0.3, -0.25) is 9.59 Å². The van der Waals surface area contributed by atoms with Crippen molar-refractivity contribution in [3.63, 3.8) is 0 Å². The van der Waals surface area contributed by atoms with Crippen LogP contribution in [0.15, 0.2) is 0 Å². The SMILES string of the molecule is CCCN(CC(C)C(=O)OC)C(C)=O. The van der Waals surface area contributed by atoms with Gasteiger partial charge in [-0.05, 0) is 6.42 Å². The van der Waals surface area contributed by atoms with Crippen molar-refractivity contribution >= 4 is 11.9 Å². The Balaban J connectivity index is 4.15. The van der Waals surface area contributed by atoms with Crippen LogP contribution in [-0.2, 0) is 14.3 Å². The van der Waals surface area contributed by atoms with Crippen LogP contribution >= 0.6 is 0 Å². The van der Waals surface area contributed by atoms with Gasteiger partial charge in [-0.25, -0.2) is 0 Å². The summed E-state index contributed by atoms with van der Waals surface area (Å²) in [6, 6.07) is 0. The van der Waals surface area contributed by atoms with E-state index in [1.54, 1.807) is 11.8 Å². The fraction of sp³-hybridized carbons (Fsp3) is 0.800. The molecular weight excluding hydrogens is 182 g/mol. The van der Waals surface area contributed by atoms with Gasteiger partial charge >= 0.3 is 5.97 Å². The summed E-state index contributed by atoms with van der Waals surface area (Å²) in [6.45, 7) is 6.41. The van der Waals surface area contributed by atoms with Gasteiger partial charge in [-0.15, -0.1) is 0 Å². The fourth-order valence-electron chi connectivity index (χ4n) is 1.25. The van der Waals surface area contributed by atoms with Gasteiger partial charge < -0.3 is 9.64 Å². The number of carbonyl (C=O) groups excluding carboxylic acids is 2. The summed E-state index contributed by atoms with van der Waals surface area (Å²) in [5, 5.41) is 0. The van der Waals surface area contributed by atoms with E-state index in [1.807, 2.05) is 6.92 Å². The molecule has 82 valence electrons. The van der Waals surface area contributed by atoms with Crippen LogP contribution in [0.3, 0.4) is 0 Å². The van der Waals surface area contributed by atoms with E-state index in [2.05, 4.69) is 4.74 Å². The minimum atomic E-state index is -0.271. The molecule has 0 aromatic rings. The Morgan fingerprint density at radius 3 is 2.36 bits per heavy atom. The lowest BCUT2D eigenvalue weighted by Gasteiger charge is -2.22. The van der Waals surface area contributed by atoms with Crippen molar-refractivity contribution in [2.24, 2.45) is 5.92 Å². The highest BCUT2D eigenvalue weighted by molar-refractivity contribution is 5.76. The standard InChI is InChI=1S/C10H19NO3/c1-5-6-11(9(3)12)7-8(2)10(13)14-4/h8H,5-7H2,1-4H3. The number of nitrogens with zero attached hydrogens (tertiary/aromatic N) is 1. The van der Waals surface area contributed by atoms with Crippen molar-refractivity contribution in [2.45, 2.75) is 27.2 Å². The van der Waals surface area contributed by atoms with Crippen molar-refractivity contribution in [1.29, 1.82) is 0 Å². The molecule has 0 spiro atoms. The summed E-state index contributed by atoms with van der Waals surface area (Å²) >= 11 is 0. The Bertz CT molecular complexity index is 204. The third kappa shape index (κ3) is 4.25. The molecule has 14 heavy (non-hydrogen) atoms. The quantitative estimate of drug-likeness (QED) is 0.625. The largest absolute Gasteiger partial charge is 0.469 e. The maximum Gasteiger partial charge on any atom is 0.310 e. The predicted octanol–water partition coefficient (Wildman–Crippen LogP) is 1.05. The van der Waals surface area contributed by atoms with Crippen LogP contribution in [0, 0.1) is 5.92 Å². The highest BCUT2D eigenvalue weighted by Crippen LogP contribution is 2.03. The van der Waals surface area contributed by atoms with E-state index in [0.29, 0.717) is 13.1 Å². The molecule has 0 bridgehead atoms. The molecule has 0 aliphatic carbocycles. The van der Waals surface area contributed by atoms with Gasteiger partial charge in [-0.2, -0.15) is 0 Å². The van der Waals surface area contributed by atoms with Crippen LogP contribution in [0.2, 0.25) is 0 Å². The third-order valence-electron chi connectivity index (χ3n) is 2.04. The molecule has 0 N–H and O–H groups in total. The number of methoxy groups -OCH3 is 1. The molecule has 4 heteroatoms. The predicted molar refractivity (Wildman–Crippen MR) is 53.7 cm³/mol. The Morgan fingerprint density at radius 1 is 1.43 bits per heavy atom. The number of hydrogen-bond donors (Lipinski definition) is 0. The molecule has 0 saturated heterocycles. The second-order valence-electron chi connectivity index (χ2n) is 3.39. The number of rotatable bonds is 5. The lowest BCUT2D eigenvalue weighted by atomic mass is 10.1. The normalized spacial score (nSPS) is 12.0. The minimum Gasteiger partial charge on any atom is -0.469 e. The van der Waals surface area contributed by atoms with E-state index in [-0.39, 0.29) is 17.8 Å². The van der Waals surface area contributed by atoms with Crippen LogP contribution in [0.4, 0.5) is 0 Å². The van der Waals surface area contributed by atoms with E-state index in [4.69, 9.17) is 0 Å². The molecule has 0 aromatic heterocycles. The van der Waals surface area contributed by atoms with Crippen LogP contribution in [0.25, 0.3) is 0 Å². The van der Waals surface area contributed by atoms with Crippen molar-refractivity contribution in [1.82, 2.24) is 4.90 Å². The molecule has 1 unspecified atom stereocenters. The Morgan fingerprint density at radius 2 is 2.00 bits per heavy atom. The topological polar surface area (TPSA) is 46.6 Å². The maximum atomic E-state index is 11.2. The molecule has 0 rings (SSSR count). The number of ether oxygens (including phenoxy) is 1. The molecule has 0 aliphatic heterocycles. The van der Waals surface area contributed by atoms with Gasteiger partial charge in [0.25, 0.3) is 0 Å². The molecule has 0 aliphatic rings. The maximum absolute atomic E-state index is 11.2. The Labute approximate surface area is 85.2 Å². The number of esters is 1. The smallest absolute Gasteiger partial charge is 0.310 e. The van der Waals surface area contributed by atoms with Crippen molar-refractivity contribution in [3.05, 3.63) is 0 Å². The van der Waals surface area contributed by atoms with Crippen molar-refractivity contribution < 1.29 is 14.3 Å². The zero-order chi connectivity index (χ0) is 11.1. The Kier molecular flexibility index (Phi) is 5.92. The van der Waals surface area contributed by atoms with Crippen molar-refractivity contribution in [3.8, 4) is 0 Å². The first-order valence-corrected chi connectivity index (χ1v) is 4.86. The van der Waals surface area contributed by atoms with Gasteiger partial charge in [0.05, 0.1) is 13.0 Å². The Hall–Kier alpha value is -1.06. The monoisotopic (exact) mass is 201 g/mol. The van der Waals surface area contributed by atoms with E-state index >= 15 is 0 Å². The molecule has 0 heterocycles. The summed E-state index contributed by atoms with van der Waals surface area (Å²) in [4.78, 5) is 23.9. The summed E-state index contributed by atoms with van der Waals surface area (Å²) < 4.78 is 4.59. The lowest BCUT2D eigenvalue weighted by Crippen LogP contribution is -2.36. The van der Waals surface area contributed by atoms with E-state index < -0.39 is 0 Å². The van der Waals surface area contributed by atoms with Gasteiger partial charge in [0.2, 0.25) is 5.91 Å². The molecule has 0 fully saturated rings. The highest BCUT2D eigenvalue weighted by Gasteiger charge is 2.18. The summed E-state index contributed by atoms with van der Waals surface area (Å²) in [6.07, 6.45) is 0.896. The third-order valence-corrected chi connectivity index (χ3v) is 2.04. The van der Waals surface area contributed by atoms with Crippen molar-refractivity contribution in [2.75, 3.05) is 20.2 Å². The van der Waals surface area contributed by atoms with Gasteiger partial charge in [-0.1, -0.05) is 13.8 Å². The molecule has 4 nitrogen and oxygen atoms in total. The first-order chi connectivity index (χ1) is 6.52. The fourth-order valence-corrected chi connectivity index (χ4v) is 1.25. The van der Waals surface area contributed by atoms with Crippen LogP contribution in [-0.4, -0.2) is 37.0 Å². The van der Waals surface area contributed by atoms with Crippen LogP contribution in [0.5, 0.6) is 0 Å². The number of amides is 1. The summed E-state index contributed by atoms with van der Waals surface area (Å²) in [7, 11) is 1.36. The number of hydrogen-bond acceptors (Lipinski definition) is 3. The zero-order valence-electron chi connectivity index (χ0n) is 9.37.